The summed E-state index contributed by atoms with van der Waals surface area (Å²) in [6.45, 7) is 4.69. The molecule has 0 radical (unpaired) electrons. The van der Waals surface area contributed by atoms with E-state index in [1.54, 1.807) is 0 Å². The van der Waals surface area contributed by atoms with Crippen molar-refractivity contribution in [2.45, 2.75) is 22.3 Å². The van der Waals surface area contributed by atoms with Crippen LogP contribution in [0.5, 0.6) is 0 Å². The molecular formula is C20H23ClN2O2S. The molecule has 0 bridgehead atoms. The number of aliphatic hydroxyl groups is 1. The number of hydrogen-bond donors (Lipinski definition) is 1. The molecule has 26 heavy (non-hydrogen) atoms. The van der Waals surface area contributed by atoms with Gasteiger partial charge in [0, 0.05) is 53.6 Å². The highest BCUT2D eigenvalue weighted by molar-refractivity contribution is 7.85. The Labute approximate surface area is 161 Å². The van der Waals surface area contributed by atoms with E-state index >= 15 is 0 Å². The molecule has 0 saturated carbocycles. The highest BCUT2D eigenvalue weighted by Gasteiger charge is 2.32. The molecule has 2 aromatic rings. The minimum absolute atomic E-state index is 0.174. The first-order chi connectivity index (χ1) is 12.7. The summed E-state index contributed by atoms with van der Waals surface area (Å²) < 4.78 is 13.2. The predicted molar refractivity (Wildman–Crippen MR) is 104 cm³/mol. The van der Waals surface area contributed by atoms with Crippen LogP contribution in [0.15, 0.2) is 52.3 Å². The van der Waals surface area contributed by atoms with Gasteiger partial charge in [-0.05, 0) is 41.8 Å². The zero-order chi connectivity index (χ0) is 18.1. The largest absolute Gasteiger partial charge is 0.395 e. The Morgan fingerprint density at radius 2 is 1.85 bits per heavy atom. The van der Waals surface area contributed by atoms with Gasteiger partial charge in [0.15, 0.2) is 0 Å². The Hall–Kier alpha value is -1.24. The SMILES string of the molecule is O=S1c2ccccc2CC(N2CCN(CCO)CC2)c2cc(Cl)ccc21. The fraction of sp³-hybridized carbons (Fsp3) is 0.400. The van der Waals surface area contributed by atoms with Crippen molar-refractivity contribution in [2.75, 3.05) is 39.3 Å². The van der Waals surface area contributed by atoms with Crippen molar-refractivity contribution in [3.63, 3.8) is 0 Å². The van der Waals surface area contributed by atoms with Crippen molar-refractivity contribution < 1.29 is 9.32 Å². The maximum absolute atomic E-state index is 13.2. The number of fused-ring (bicyclic) bond motifs is 2. The topological polar surface area (TPSA) is 43.8 Å². The Morgan fingerprint density at radius 1 is 1.08 bits per heavy atom. The van der Waals surface area contributed by atoms with E-state index in [2.05, 4.69) is 15.9 Å². The van der Waals surface area contributed by atoms with Gasteiger partial charge in [-0.15, -0.1) is 0 Å². The standard InChI is InChI=1S/C20H23ClN2O2S/c21-16-5-6-20-17(14-16)18(23-9-7-22(8-10-23)11-12-24)13-15-3-1-2-4-19(15)26(20)25/h1-6,14,18,24H,7-13H2. The number of hydrogen-bond acceptors (Lipinski definition) is 4. The van der Waals surface area contributed by atoms with Crippen LogP contribution < -0.4 is 0 Å². The van der Waals surface area contributed by atoms with Crippen LogP contribution in [0, 0.1) is 0 Å². The first kappa shape index (κ1) is 18.1. The quantitative estimate of drug-likeness (QED) is 0.875. The molecule has 6 heteroatoms. The lowest BCUT2D eigenvalue weighted by Gasteiger charge is -2.39. The fourth-order valence-corrected chi connectivity index (χ4v) is 5.61. The van der Waals surface area contributed by atoms with E-state index in [-0.39, 0.29) is 12.6 Å². The minimum Gasteiger partial charge on any atom is -0.395 e. The minimum atomic E-state index is -1.18. The van der Waals surface area contributed by atoms with Gasteiger partial charge in [-0.25, -0.2) is 4.21 Å². The van der Waals surface area contributed by atoms with Crippen molar-refractivity contribution in [1.29, 1.82) is 0 Å². The van der Waals surface area contributed by atoms with Gasteiger partial charge in [-0.3, -0.25) is 9.80 Å². The fourth-order valence-electron chi connectivity index (χ4n) is 4.00. The predicted octanol–water partition coefficient (Wildman–Crippen LogP) is 2.71. The summed E-state index contributed by atoms with van der Waals surface area (Å²) in [6, 6.07) is 14.0. The van der Waals surface area contributed by atoms with Gasteiger partial charge >= 0.3 is 0 Å². The van der Waals surface area contributed by atoms with Crippen molar-refractivity contribution in [2.24, 2.45) is 0 Å². The van der Waals surface area contributed by atoms with Gasteiger partial charge in [0.25, 0.3) is 0 Å². The first-order valence-corrected chi connectivity index (χ1v) is 10.6. The summed E-state index contributed by atoms with van der Waals surface area (Å²) >= 11 is 6.30. The number of rotatable bonds is 3. The molecule has 1 saturated heterocycles. The lowest BCUT2D eigenvalue weighted by molar-refractivity contribution is 0.0823. The summed E-state index contributed by atoms with van der Waals surface area (Å²) in [6.07, 6.45) is 0.843. The third-order valence-corrected chi connectivity index (χ3v) is 7.18. The van der Waals surface area contributed by atoms with Crippen molar-refractivity contribution in [3.8, 4) is 0 Å². The smallest absolute Gasteiger partial charge is 0.0855 e. The van der Waals surface area contributed by atoms with E-state index < -0.39 is 10.8 Å². The molecule has 2 atom stereocenters. The van der Waals surface area contributed by atoms with Crippen LogP contribution in [0.4, 0.5) is 0 Å². The molecule has 138 valence electrons. The van der Waals surface area contributed by atoms with Gasteiger partial charge in [0.2, 0.25) is 0 Å². The first-order valence-electron chi connectivity index (χ1n) is 9.04. The molecule has 2 aliphatic heterocycles. The number of aliphatic hydroxyl groups excluding tert-OH is 1. The summed E-state index contributed by atoms with van der Waals surface area (Å²) in [5.74, 6) is 0. The Bertz CT molecular complexity index is 821. The van der Waals surface area contributed by atoms with Gasteiger partial charge < -0.3 is 5.11 Å². The summed E-state index contributed by atoms with van der Waals surface area (Å²) in [5, 5.41) is 9.86. The van der Waals surface area contributed by atoms with Crippen LogP contribution in [0.2, 0.25) is 5.02 Å². The third kappa shape index (κ3) is 3.47. The number of nitrogens with zero attached hydrogens (tertiary/aromatic N) is 2. The Balaban J connectivity index is 1.71. The van der Waals surface area contributed by atoms with Gasteiger partial charge in [-0.1, -0.05) is 29.8 Å². The van der Waals surface area contributed by atoms with Crippen LogP contribution in [-0.2, 0) is 17.2 Å². The number of β-amino-alcohol motifs (C(OH)–C–C–N with tert-alkyl or cyclic N) is 1. The zero-order valence-corrected chi connectivity index (χ0v) is 16.2. The molecule has 0 aromatic heterocycles. The molecule has 1 fully saturated rings. The van der Waals surface area contributed by atoms with Gasteiger partial charge in [0.05, 0.1) is 17.4 Å². The summed E-state index contributed by atoms with van der Waals surface area (Å²) in [7, 11) is -1.18. The van der Waals surface area contributed by atoms with Crippen LogP contribution in [0.1, 0.15) is 17.2 Å². The average molecular weight is 391 g/mol. The van der Waals surface area contributed by atoms with Crippen LogP contribution in [0.25, 0.3) is 0 Å². The number of piperazine rings is 1. The van der Waals surface area contributed by atoms with E-state index in [9.17, 15) is 4.21 Å². The van der Waals surface area contributed by atoms with Crippen LogP contribution in [-0.4, -0.2) is 58.4 Å². The Morgan fingerprint density at radius 3 is 2.62 bits per heavy atom. The lowest BCUT2D eigenvalue weighted by Crippen LogP contribution is -2.48. The zero-order valence-electron chi connectivity index (χ0n) is 14.6. The van der Waals surface area contributed by atoms with Crippen LogP contribution >= 0.6 is 11.6 Å². The second-order valence-corrected chi connectivity index (χ2v) is 8.73. The molecule has 0 aliphatic carbocycles. The summed E-state index contributed by atoms with van der Waals surface area (Å²) in [4.78, 5) is 6.56. The third-order valence-electron chi connectivity index (χ3n) is 5.38. The molecule has 0 amide bonds. The highest BCUT2D eigenvalue weighted by atomic mass is 35.5. The number of benzene rings is 2. The number of halogens is 1. The van der Waals surface area contributed by atoms with E-state index in [4.69, 9.17) is 16.7 Å². The Kier molecular flexibility index (Phi) is 5.43. The van der Waals surface area contributed by atoms with Gasteiger partial charge in [-0.2, -0.15) is 0 Å². The molecule has 0 spiro atoms. The highest BCUT2D eigenvalue weighted by Crippen LogP contribution is 2.38. The molecule has 2 heterocycles. The van der Waals surface area contributed by atoms with E-state index in [1.807, 2.05) is 36.4 Å². The lowest BCUT2D eigenvalue weighted by atomic mass is 9.96. The molecular weight excluding hydrogens is 368 g/mol. The van der Waals surface area contributed by atoms with Crippen molar-refractivity contribution >= 4 is 22.4 Å². The van der Waals surface area contributed by atoms with Crippen molar-refractivity contribution in [1.82, 2.24) is 9.80 Å². The maximum Gasteiger partial charge on any atom is 0.0855 e. The monoisotopic (exact) mass is 390 g/mol. The second-order valence-electron chi connectivity index (χ2n) is 6.88. The van der Waals surface area contributed by atoms with Gasteiger partial charge in [0.1, 0.15) is 0 Å². The molecule has 2 unspecified atom stereocenters. The van der Waals surface area contributed by atoms with Crippen molar-refractivity contribution in [3.05, 3.63) is 58.6 Å². The van der Waals surface area contributed by atoms with E-state index in [0.29, 0.717) is 5.02 Å². The van der Waals surface area contributed by atoms with E-state index in [1.165, 1.54) is 0 Å². The molecule has 2 aliphatic rings. The average Bonchev–Trinajstić information content (AvgIpc) is 2.78. The maximum atomic E-state index is 13.2. The molecule has 4 rings (SSSR count). The molecule has 2 aromatic carbocycles. The summed E-state index contributed by atoms with van der Waals surface area (Å²) in [5.41, 5.74) is 2.24. The molecule has 4 nitrogen and oxygen atoms in total. The normalized spacial score (nSPS) is 23.9. The van der Waals surface area contributed by atoms with E-state index in [0.717, 1.165) is 60.1 Å². The molecule has 1 N–H and O–H groups in total. The van der Waals surface area contributed by atoms with Crippen LogP contribution in [0.3, 0.4) is 0 Å². The second kappa shape index (κ2) is 7.79.